The Labute approximate surface area is 192 Å². The van der Waals surface area contributed by atoms with E-state index >= 15 is 0 Å². The van der Waals surface area contributed by atoms with Crippen molar-refractivity contribution in [2.75, 3.05) is 0 Å². The number of carboxylic acid groups (broad SMARTS) is 1. The molecule has 6 heteroatoms. The summed E-state index contributed by atoms with van der Waals surface area (Å²) in [7, 11) is 0. The van der Waals surface area contributed by atoms with Gasteiger partial charge in [0.1, 0.15) is 17.5 Å². The topological polar surface area (TPSA) is 64.3 Å². The van der Waals surface area contributed by atoms with Crippen LogP contribution in [0.15, 0.2) is 67.0 Å². The first-order valence-electron chi connectivity index (χ1n) is 10.5. The minimum Gasteiger partial charge on any atom is -0.489 e. The summed E-state index contributed by atoms with van der Waals surface area (Å²) in [5, 5.41) is 10.7. The standard InChI is InChI=1S/C26H25ClN2O3/c1-17(13-25(30)31)20-6-8-23(9-7-20)32-16-22-5-4-21-11-12-29(26(21)18(22)2)15-19-3-10-24(27)28-14-19/h3-12,14,17H,13,15-16H2,1-2H3,(H,30,31). The van der Waals surface area contributed by atoms with E-state index in [0.717, 1.165) is 29.0 Å². The maximum absolute atomic E-state index is 10.9. The Balaban J connectivity index is 1.49. The number of ether oxygens (including phenoxy) is 1. The van der Waals surface area contributed by atoms with E-state index in [1.165, 1.54) is 16.5 Å². The molecule has 0 fully saturated rings. The smallest absolute Gasteiger partial charge is 0.303 e. The van der Waals surface area contributed by atoms with E-state index in [1.807, 2.05) is 43.3 Å². The van der Waals surface area contributed by atoms with Gasteiger partial charge in [-0.3, -0.25) is 4.79 Å². The molecule has 0 bridgehead atoms. The number of fused-ring (bicyclic) bond motifs is 1. The first-order chi connectivity index (χ1) is 15.4. The van der Waals surface area contributed by atoms with Crippen molar-refractivity contribution in [3.63, 3.8) is 0 Å². The third-order valence-electron chi connectivity index (χ3n) is 5.76. The quantitative estimate of drug-likeness (QED) is 0.326. The van der Waals surface area contributed by atoms with Crippen LogP contribution in [0.5, 0.6) is 5.75 Å². The molecule has 0 radical (unpaired) electrons. The molecule has 4 rings (SSSR count). The van der Waals surface area contributed by atoms with Crippen LogP contribution in [0.4, 0.5) is 0 Å². The third kappa shape index (κ3) is 4.94. The number of aliphatic carboxylic acids is 1. The number of carboxylic acids is 1. The zero-order valence-corrected chi connectivity index (χ0v) is 18.8. The molecule has 4 aromatic rings. The van der Waals surface area contributed by atoms with Gasteiger partial charge in [0, 0.05) is 18.9 Å². The van der Waals surface area contributed by atoms with Gasteiger partial charge in [0.2, 0.25) is 0 Å². The second-order valence-electron chi connectivity index (χ2n) is 8.08. The molecule has 1 N–H and O–H groups in total. The monoisotopic (exact) mass is 448 g/mol. The number of carbonyl (C=O) groups is 1. The number of benzene rings is 2. The summed E-state index contributed by atoms with van der Waals surface area (Å²) in [6.07, 6.45) is 4.01. The first-order valence-corrected chi connectivity index (χ1v) is 10.9. The average Bonchev–Trinajstić information content (AvgIpc) is 3.18. The number of hydrogen-bond donors (Lipinski definition) is 1. The number of pyridine rings is 1. The Kier molecular flexibility index (Phi) is 6.47. The van der Waals surface area contributed by atoms with Gasteiger partial charge in [-0.2, -0.15) is 0 Å². The molecule has 2 aromatic carbocycles. The van der Waals surface area contributed by atoms with Crippen LogP contribution < -0.4 is 4.74 Å². The van der Waals surface area contributed by atoms with Crippen molar-refractivity contribution >= 4 is 28.5 Å². The number of aryl methyl sites for hydroxylation is 1. The summed E-state index contributed by atoms with van der Waals surface area (Å²) in [6, 6.07) is 17.8. The SMILES string of the molecule is Cc1c(COc2ccc(C(C)CC(=O)O)cc2)ccc2ccn(Cc3ccc(Cl)nc3)c12. The van der Waals surface area contributed by atoms with E-state index in [1.54, 1.807) is 6.20 Å². The van der Waals surface area contributed by atoms with Crippen molar-refractivity contribution in [3.8, 4) is 5.75 Å². The van der Waals surface area contributed by atoms with E-state index in [9.17, 15) is 4.79 Å². The minimum atomic E-state index is -0.791. The Bertz CT molecular complexity index is 1230. The van der Waals surface area contributed by atoms with E-state index in [0.29, 0.717) is 11.8 Å². The Morgan fingerprint density at radius 2 is 1.91 bits per heavy atom. The van der Waals surface area contributed by atoms with Crippen LogP contribution in [0, 0.1) is 6.92 Å². The highest BCUT2D eigenvalue weighted by Gasteiger charge is 2.12. The van der Waals surface area contributed by atoms with Gasteiger partial charge in [-0.15, -0.1) is 0 Å². The second kappa shape index (κ2) is 9.45. The molecule has 32 heavy (non-hydrogen) atoms. The predicted octanol–water partition coefficient (Wildman–Crippen LogP) is 6.20. The molecule has 1 atom stereocenters. The van der Waals surface area contributed by atoms with Crippen LogP contribution in [0.1, 0.15) is 41.5 Å². The number of nitrogens with zero attached hydrogens (tertiary/aromatic N) is 2. The summed E-state index contributed by atoms with van der Waals surface area (Å²) < 4.78 is 8.26. The fraction of sp³-hybridized carbons (Fsp3) is 0.231. The average molecular weight is 449 g/mol. The van der Waals surface area contributed by atoms with Crippen LogP contribution in [-0.2, 0) is 17.9 Å². The van der Waals surface area contributed by atoms with E-state index in [4.69, 9.17) is 21.4 Å². The molecular formula is C26H25ClN2O3. The van der Waals surface area contributed by atoms with Crippen LogP contribution in [0.3, 0.4) is 0 Å². The maximum atomic E-state index is 10.9. The molecule has 1 unspecified atom stereocenters. The molecule has 0 aliphatic heterocycles. The summed E-state index contributed by atoms with van der Waals surface area (Å²) >= 11 is 5.91. The van der Waals surface area contributed by atoms with Crippen LogP contribution in [0.2, 0.25) is 5.15 Å². The Hall–Kier alpha value is -3.31. The van der Waals surface area contributed by atoms with Gasteiger partial charge in [0.05, 0.1) is 11.9 Å². The highest BCUT2D eigenvalue weighted by atomic mass is 35.5. The lowest BCUT2D eigenvalue weighted by molar-refractivity contribution is -0.137. The Morgan fingerprint density at radius 1 is 1.12 bits per heavy atom. The highest BCUT2D eigenvalue weighted by Crippen LogP contribution is 2.26. The van der Waals surface area contributed by atoms with Crippen LogP contribution in [0.25, 0.3) is 10.9 Å². The summed E-state index contributed by atoms with van der Waals surface area (Å²) in [5.41, 5.74) is 5.56. The zero-order valence-electron chi connectivity index (χ0n) is 18.1. The minimum absolute atomic E-state index is 0.0326. The summed E-state index contributed by atoms with van der Waals surface area (Å²) in [6.45, 7) is 5.21. The summed E-state index contributed by atoms with van der Waals surface area (Å²) in [4.78, 5) is 15.1. The highest BCUT2D eigenvalue weighted by molar-refractivity contribution is 6.29. The van der Waals surface area contributed by atoms with E-state index in [-0.39, 0.29) is 12.3 Å². The van der Waals surface area contributed by atoms with Crippen molar-refractivity contribution in [2.45, 2.75) is 39.3 Å². The number of hydrogen-bond acceptors (Lipinski definition) is 3. The van der Waals surface area contributed by atoms with Crippen LogP contribution in [-0.4, -0.2) is 20.6 Å². The molecule has 0 saturated heterocycles. The number of rotatable bonds is 8. The van der Waals surface area contributed by atoms with Gasteiger partial charge in [0.15, 0.2) is 0 Å². The largest absolute Gasteiger partial charge is 0.489 e. The fourth-order valence-electron chi connectivity index (χ4n) is 3.94. The lowest BCUT2D eigenvalue weighted by atomic mass is 9.98. The molecule has 164 valence electrons. The summed E-state index contributed by atoms with van der Waals surface area (Å²) in [5.74, 6) is -0.0611. The maximum Gasteiger partial charge on any atom is 0.303 e. The molecule has 0 amide bonds. The molecule has 0 aliphatic rings. The fourth-order valence-corrected chi connectivity index (χ4v) is 4.05. The molecule has 2 heterocycles. The lowest BCUT2D eigenvalue weighted by Crippen LogP contribution is -2.04. The number of aromatic nitrogens is 2. The van der Waals surface area contributed by atoms with Crippen LogP contribution >= 0.6 is 11.6 Å². The van der Waals surface area contributed by atoms with Crippen molar-refractivity contribution in [3.05, 3.63) is 94.4 Å². The van der Waals surface area contributed by atoms with Gasteiger partial charge in [-0.1, -0.05) is 48.9 Å². The molecular weight excluding hydrogens is 424 g/mol. The van der Waals surface area contributed by atoms with Gasteiger partial charge in [-0.25, -0.2) is 4.98 Å². The molecule has 0 saturated carbocycles. The Morgan fingerprint density at radius 3 is 2.59 bits per heavy atom. The van der Waals surface area contributed by atoms with Gasteiger partial charge in [0.25, 0.3) is 0 Å². The number of halogens is 1. The van der Waals surface area contributed by atoms with Crippen molar-refractivity contribution in [2.24, 2.45) is 0 Å². The zero-order chi connectivity index (χ0) is 22.7. The first kappa shape index (κ1) is 21.9. The normalized spacial score (nSPS) is 12.1. The van der Waals surface area contributed by atoms with Gasteiger partial charge >= 0.3 is 5.97 Å². The molecule has 5 nitrogen and oxygen atoms in total. The third-order valence-corrected chi connectivity index (χ3v) is 5.99. The molecule has 0 aliphatic carbocycles. The second-order valence-corrected chi connectivity index (χ2v) is 8.46. The molecule has 0 spiro atoms. The predicted molar refractivity (Wildman–Crippen MR) is 126 cm³/mol. The van der Waals surface area contributed by atoms with Crippen molar-refractivity contribution in [1.29, 1.82) is 0 Å². The van der Waals surface area contributed by atoms with E-state index in [2.05, 4.69) is 40.9 Å². The lowest BCUT2D eigenvalue weighted by Gasteiger charge is -2.14. The van der Waals surface area contributed by atoms with Gasteiger partial charge < -0.3 is 14.4 Å². The van der Waals surface area contributed by atoms with Crippen molar-refractivity contribution in [1.82, 2.24) is 9.55 Å². The molecule has 2 aromatic heterocycles. The van der Waals surface area contributed by atoms with E-state index < -0.39 is 5.97 Å². The van der Waals surface area contributed by atoms with Gasteiger partial charge in [-0.05, 0) is 64.7 Å². The van der Waals surface area contributed by atoms with Crippen molar-refractivity contribution < 1.29 is 14.6 Å².